The molecule has 8 bridgehead atoms. The number of carbonyl (C=O) groups excluding carboxylic acids is 2. The van der Waals surface area contributed by atoms with Crippen LogP contribution in [0.3, 0.4) is 0 Å². The summed E-state index contributed by atoms with van der Waals surface area (Å²) in [5, 5.41) is 42.5. The van der Waals surface area contributed by atoms with Gasteiger partial charge in [-0.05, 0) is 73.8 Å². The van der Waals surface area contributed by atoms with Gasteiger partial charge >= 0.3 is 0 Å². The van der Waals surface area contributed by atoms with Crippen molar-refractivity contribution in [3.8, 4) is 0 Å². The van der Waals surface area contributed by atoms with Crippen molar-refractivity contribution >= 4 is 11.6 Å². The molecule has 53 heavy (non-hydrogen) atoms. The van der Waals surface area contributed by atoms with Crippen LogP contribution in [0.1, 0.15) is 104 Å². The molecule has 12 nitrogen and oxygen atoms in total. The van der Waals surface area contributed by atoms with Gasteiger partial charge in [-0.15, -0.1) is 0 Å². The molecule has 7 aliphatic heterocycles. The summed E-state index contributed by atoms with van der Waals surface area (Å²) in [6, 6.07) is 0. The molecule has 7 saturated heterocycles. The molecule has 0 spiro atoms. The van der Waals surface area contributed by atoms with Gasteiger partial charge in [-0.2, -0.15) is 0 Å². The second-order valence-electron chi connectivity index (χ2n) is 17.4. The first-order valence-electron chi connectivity index (χ1n) is 20.3. The Labute approximate surface area is 313 Å². The Bertz CT molecular complexity index is 1340. The SMILES string of the molecule is C=C1C2C[C@@H]3OC(CC(O)CO)[C@H](C)[C@H]3CC(=O)CC3CC[C@@H]4O[C@H]5C[C@@H](O)[C@@H](CC(=O)CC[C@H]6CC(=C)[C@H](CC[C@@H](C[C@H]1C)O2)O6)O[C@H]5[C@@H](O)[C@H]4O3. The van der Waals surface area contributed by atoms with E-state index >= 15 is 0 Å². The van der Waals surface area contributed by atoms with Crippen LogP contribution in [0.4, 0.5) is 0 Å². The highest BCUT2D eigenvalue weighted by Gasteiger charge is 2.53. The zero-order chi connectivity index (χ0) is 37.6. The number of hydrogen-bond acceptors (Lipinski definition) is 12. The van der Waals surface area contributed by atoms with Crippen LogP contribution in [0.25, 0.3) is 0 Å². The molecule has 18 atom stereocenters. The van der Waals surface area contributed by atoms with Crippen LogP contribution in [0, 0.1) is 17.8 Å². The molecule has 0 aliphatic carbocycles. The number of fused-ring (bicyclic) bond motifs is 7. The Kier molecular flexibility index (Phi) is 12.6. The van der Waals surface area contributed by atoms with Crippen molar-refractivity contribution in [2.75, 3.05) is 6.61 Å². The van der Waals surface area contributed by atoms with E-state index in [-0.39, 0.29) is 111 Å². The molecule has 0 amide bonds. The molecule has 0 aromatic heterocycles. The van der Waals surface area contributed by atoms with Gasteiger partial charge in [0, 0.05) is 44.9 Å². The van der Waals surface area contributed by atoms with E-state index in [1.807, 2.05) is 0 Å². The molecule has 7 fully saturated rings. The van der Waals surface area contributed by atoms with Gasteiger partial charge in [0.2, 0.25) is 0 Å². The second-order valence-corrected chi connectivity index (χ2v) is 17.4. The van der Waals surface area contributed by atoms with Crippen LogP contribution in [0.5, 0.6) is 0 Å². The summed E-state index contributed by atoms with van der Waals surface area (Å²) in [5.41, 5.74) is 2.05. The largest absolute Gasteiger partial charge is 0.394 e. The Morgan fingerprint density at radius 1 is 0.698 bits per heavy atom. The summed E-state index contributed by atoms with van der Waals surface area (Å²) in [7, 11) is 0. The van der Waals surface area contributed by atoms with Crippen LogP contribution < -0.4 is 0 Å². The number of hydrogen-bond donors (Lipinski definition) is 4. The first-order valence-corrected chi connectivity index (χ1v) is 20.3. The maximum atomic E-state index is 13.9. The first-order chi connectivity index (χ1) is 25.4. The summed E-state index contributed by atoms with van der Waals surface area (Å²) in [6.45, 7) is 12.6. The Balaban J connectivity index is 1.10. The monoisotopic (exact) mass is 746 g/mol. The number of ether oxygens (including phenoxy) is 6. The van der Waals surface area contributed by atoms with Crippen molar-refractivity contribution in [2.45, 2.75) is 195 Å². The van der Waals surface area contributed by atoms with E-state index in [4.69, 9.17) is 28.4 Å². The number of aliphatic hydroxyl groups excluding tert-OH is 4. The summed E-state index contributed by atoms with van der Waals surface area (Å²) in [6.07, 6.45) is -0.764. The molecule has 0 aromatic rings. The van der Waals surface area contributed by atoms with Crippen LogP contribution in [0.2, 0.25) is 0 Å². The summed E-state index contributed by atoms with van der Waals surface area (Å²) in [4.78, 5) is 27.0. The fourth-order valence-electron chi connectivity index (χ4n) is 10.3. The number of rotatable bonds is 3. The maximum Gasteiger partial charge on any atom is 0.135 e. The quantitative estimate of drug-likeness (QED) is 0.312. The van der Waals surface area contributed by atoms with Gasteiger partial charge in [0.25, 0.3) is 0 Å². The lowest BCUT2D eigenvalue weighted by molar-refractivity contribution is -0.303. The zero-order valence-corrected chi connectivity index (χ0v) is 31.5. The van der Waals surface area contributed by atoms with Gasteiger partial charge in [-0.1, -0.05) is 27.0 Å². The number of Topliss-reactive ketones (excluding diaryl/α,β-unsaturated/α-hetero) is 2. The lowest BCUT2D eigenvalue weighted by atomic mass is 9.78. The van der Waals surface area contributed by atoms with Crippen molar-refractivity contribution in [3.63, 3.8) is 0 Å². The summed E-state index contributed by atoms with van der Waals surface area (Å²) >= 11 is 0. The fourth-order valence-corrected chi connectivity index (χ4v) is 10.3. The predicted octanol–water partition coefficient (Wildman–Crippen LogP) is 3.28. The Hall–Kier alpha value is -1.58. The van der Waals surface area contributed by atoms with Gasteiger partial charge in [0.05, 0.1) is 79.9 Å². The van der Waals surface area contributed by atoms with Gasteiger partial charge < -0.3 is 48.8 Å². The minimum absolute atomic E-state index is 0.00883. The van der Waals surface area contributed by atoms with Crippen molar-refractivity contribution in [1.29, 1.82) is 0 Å². The molecule has 7 rings (SSSR count). The van der Waals surface area contributed by atoms with E-state index in [0.29, 0.717) is 38.5 Å². The maximum absolute atomic E-state index is 13.9. The molecular formula is C41H62O12. The van der Waals surface area contributed by atoms with E-state index in [2.05, 4.69) is 27.0 Å². The molecule has 4 unspecified atom stereocenters. The Morgan fingerprint density at radius 2 is 1.43 bits per heavy atom. The zero-order valence-electron chi connectivity index (χ0n) is 31.5. The van der Waals surface area contributed by atoms with Gasteiger partial charge in [0.15, 0.2) is 0 Å². The van der Waals surface area contributed by atoms with Crippen LogP contribution in [-0.2, 0) is 38.0 Å². The number of aliphatic hydroxyl groups is 4. The second kappa shape index (κ2) is 16.9. The van der Waals surface area contributed by atoms with E-state index in [1.165, 1.54) is 0 Å². The van der Waals surface area contributed by atoms with E-state index in [1.54, 1.807) is 0 Å². The van der Waals surface area contributed by atoms with E-state index in [0.717, 1.165) is 30.4 Å². The summed E-state index contributed by atoms with van der Waals surface area (Å²) in [5.74, 6) is 0.0772. The third-order valence-corrected chi connectivity index (χ3v) is 13.5. The minimum Gasteiger partial charge on any atom is -0.394 e. The average Bonchev–Trinajstić information content (AvgIpc) is 3.62. The van der Waals surface area contributed by atoms with Crippen LogP contribution >= 0.6 is 0 Å². The van der Waals surface area contributed by atoms with Crippen LogP contribution in [-0.4, -0.2) is 130 Å². The van der Waals surface area contributed by atoms with Crippen molar-refractivity contribution < 1.29 is 58.4 Å². The number of carbonyl (C=O) groups is 2. The van der Waals surface area contributed by atoms with Crippen molar-refractivity contribution in [3.05, 3.63) is 24.3 Å². The van der Waals surface area contributed by atoms with Crippen molar-refractivity contribution in [2.24, 2.45) is 17.8 Å². The van der Waals surface area contributed by atoms with E-state index in [9.17, 15) is 30.0 Å². The topological polar surface area (TPSA) is 170 Å². The van der Waals surface area contributed by atoms with Gasteiger partial charge in [-0.25, -0.2) is 0 Å². The molecule has 0 saturated carbocycles. The van der Waals surface area contributed by atoms with Gasteiger partial charge in [-0.3, -0.25) is 9.59 Å². The molecule has 0 radical (unpaired) electrons. The smallest absolute Gasteiger partial charge is 0.135 e. The predicted molar refractivity (Wildman–Crippen MR) is 192 cm³/mol. The standard InChI is InChI=1S/C41H62O12/c1-20-11-28-7-9-32-21(2)12-27(48-32)6-5-24(43)15-37-31(46)17-38-41(53-37)39(47)40-33(51-38)10-8-29(50-40)13-25(44)14-30-23(4)34(16-26(45)19-42)52-36(30)18-35(49-28)22(20)3/h20,23,26-42,45-47H,2-3,5-19H2,1,4H3/t20-,23-,26?,27+,28+,29?,30-,31-,32+,33+,34?,35?,36+,37-,38+,39+,40+,41-/m1/s1. The fraction of sp³-hybridized carbons (Fsp3) is 0.854. The van der Waals surface area contributed by atoms with Gasteiger partial charge in [0.1, 0.15) is 29.9 Å². The molecule has 7 aliphatic rings. The molecule has 0 aromatic carbocycles. The molecule has 298 valence electrons. The third kappa shape index (κ3) is 8.87. The summed E-state index contributed by atoms with van der Waals surface area (Å²) < 4.78 is 38.7. The highest BCUT2D eigenvalue weighted by atomic mass is 16.6. The highest BCUT2D eigenvalue weighted by Crippen LogP contribution is 2.44. The van der Waals surface area contributed by atoms with E-state index < -0.39 is 48.8 Å². The van der Waals surface area contributed by atoms with Crippen LogP contribution in [0.15, 0.2) is 24.3 Å². The lowest BCUT2D eigenvalue weighted by Crippen LogP contribution is -2.65. The minimum atomic E-state index is -1.03. The first kappa shape index (κ1) is 39.6. The normalized spacial score (nSPS) is 47.9. The Morgan fingerprint density at radius 3 is 2.23 bits per heavy atom. The molecular weight excluding hydrogens is 684 g/mol. The molecule has 7 heterocycles. The molecule has 4 N–H and O–H groups in total. The lowest BCUT2D eigenvalue weighted by Gasteiger charge is -2.51. The third-order valence-electron chi connectivity index (χ3n) is 13.5. The average molecular weight is 747 g/mol. The number of ketones is 2. The van der Waals surface area contributed by atoms with Crippen molar-refractivity contribution in [1.82, 2.24) is 0 Å². The molecule has 12 heteroatoms. The highest BCUT2D eigenvalue weighted by molar-refractivity contribution is 5.79.